The molecule has 0 saturated carbocycles. The van der Waals surface area contributed by atoms with E-state index in [0.29, 0.717) is 0 Å². The van der Waals surface area contributed by atoms with E-state index in [2.05, 4.69) is 27.8 Å². The highest BCUT2D eigenvalue weighted by molar-refractivity contribution is 7.14. The normalized spacial score (nSPS) is 13.9. The van der Waals surface area contributed by atoms with Gasteiger partial charge in [-0.05, 0) is 29.2 Å². The Balaban J connectivity index is 1.33. The Morgan fingerprint density at radius 2 is 1.71 bits per heavy atom. The van der Waals surface area contributed by atoms with Gasteiger partial charge < -0.3 is 20.3 Å². The van der Waals surface area contributed by atoms with E-state index in [1.807, 2.05) is 36.4 Å². The zero-order chi connectivity index (χ0) is 24.3. The van der Waals surface area contributed by atoms with Crippen LogP contribution in [0.25, 0.3) is 11.1 Å². The van der Waals surface area contributed by atoms with E-state index in [0.717, 1.165) is 33.6 Å². The number of nitrogens with one attached hydrogen (secondary N) is 2. The van der Waals surface area contributed by atoms with E-state index in [9.17, 15) is 19.5 Å². The van der Waals surface area contributed by atoms with Gasteiger partial charge in [0.1, 0.15) is 12.3 Å². The molecule has 0 fully saturated rings. The third-order valence-corrected chi connectivity index (χ3v) is 6.21. The van der Waals surface area contributed by atoms with Crippen LogP contribution in [0, 0.1) is 0 Å². The van der Waals surface area contributed by atoms with Gasteiger partial charge in [-0.25, -0.2) is 9.78 Å². The maximum Gasteiger partial charge on any atom is 0.413 e. The maximum atomic E-state index is 12.4. The van der Waals surface area contributed by atoms with Gasteiger partial charge in [0.05, 0.1) is 12.0 Å². The highest BCUT2D eigenvalue weighted by Crippen LogP contribution is 2.44. The Bertz CT molecular complexity index is 1190. The van der Waals surface area contributed by atoms with E-state index in [1.54, 1.807) is 0 Å². The second kappa shape index (κ2) is 9.62. The molecule has 0 aliphatic heterocycles. The number of aliphatic carboxylic acids is 1. The van der Waals surface area contributed by atoms with E-state index in [-0.39, 0.29) is 29.9 Å². The molecular formula is C24H23N3O6S. The first-order valence-corrected chi connectivity index (χ1v) is 11.4. The maximum absolute atomic E-state index is 12.4. The minimum absolute atomic E-state index is 0.0325. The molecule has 2 aromatic carbocycles. The Hall–Kier alpha value is -3.76. The van der Waals surface area contributed by atoms with Gasteiger partial charge in [0.2, 0.25) is 0 Å². The van der Waals surface area contributed by atoms with Crippen LogP contribution in [0.2, 0.25) is 0 Å². The summed E-state index contributed by atoms with van der Waals surface area (Å²) < 4.78 is 5.47. The highest BCUT2D eigenvalue weighted by atomic mass is 32.1. The van der Waals surface area contributed by atoms with Crippen molar-refractivity contribution < 1.29 is 29.3 Å². The van der Waals surface area contributed by atoms with Gasteiger partial charge in [-0.15, -0.1) is 11.3 Å². The minimum Gasteiger partial charge on any atom is -0.481 e. The number of ether oxygens (including phenoxy) is 1. The number of carboxylic acids is 1. The molecule has 2 amide bonds. The van der Waals surface area contributed by atoms with E-state index < -0.39 is 30.0 Å². The van der Waals surface area contributed by atoms with Crippen LogP contribution in [0.3, 0.4) is 0 Å². The van der Waals surface area contributed by atoms with Crippen molar-refractivity contribution in [1.82, 2.24) is 10.3 Å². The van der Waals surface area contributed by atoms with Crippen LogP contribution in [-0.4, -0.2) is 51.9 Å². The number of carbonyl (C=O) groups is 3. The van der Waals surface area contributed by atoms with Crippen LogP contribution in [0.4, 0.5) is 9.93 Å². The number of nitrogens with zero attached hydrogens (tertiary/aromatic N) is 1. The van der Waals surface area contributed by atoms with E-state index in [1.165, 1.54) is 12.3 Å². The average molecular weight is 482 g/mol. The molecule has 1 atom stereocenters. The predicted molar refractivity (Wildman–Crippen MR) is 126 cm³/mol. The summed E-state index contributed by atoms with van der Waals surface area (Å²) in [6.07, 6.45) is -1.20. The molecule has 1 aliphatic carbocycles. The number of fused-ring (bicyclic) bond motifs is 3. The molecule has 1 aromatic heterocycles. The molecule has 9 nitrogen and oxygen atoms in total. The molecule has 10 heteroatoms. The summed E-state index contributed by atoms with van der Waals surface area (Å²) in [5, 5.41) is 25.4. The van der Waals surface area contributed by atoms with Crippen molar-refractivity contribution in [1.29, 1.82) is 0 Å². The van der Waals surface area contributed by atoms with Crippen LogP contribution in [0.15, 0.2) is 53.9 Å². The summed E-state index contributed by atoms with van der Waals surface area (Å²) in [5.41, 5.74) is 2.90. The number of aliphatic hydroxyl groups is 1. The summed E-state index contributed by atoms with van der Waals surface area (Å²) in [7, 11) is 0. The molecule has 0 radical (unpaired) electrons. The number of benzene rings is 2. The van der Waals surface area contributed by atoms with Crippen LogP contribution in [-0.2, 0) is 9.53 Å². The smallest absolute Gasteiger partial charge is 0.413 e. The topological polar surface area (TPSA) is 138 Å². The third-order valence-electron chi connectivity index (χ3n) is 5.45. The largest absolute Gasteiger partial charge is 0.481 e. The first-order valence-electron chi connectivity index (χ1n) is 10.5. The van der Waals surface area contributed by atoms with Crippen molar-refractivity contribution in [2.24, 2.45) is 0 Å². The zero-order valence-electron chi connectivity index (χ0n) is 18.3. The molecule has 0 bridgehead atoms. The first kappa shape index (κ1) is 23.4. The molecule has 4 N–H and O–H groups in total. The van der Waals surface area contributed by atoms with Crippen LogP contribution < -0.4 is 10.6 Å². The van der Waals surface area contributed by atoms with Crippen molar-refractivity contribution in [3.05, 3.63) is 70.7 Å². The van der Waals surface area contributed by atoms with Crippen molar-refractivity contribution in [3.8, 4) is 11.1 Å². The lowest BCUT2D eigenvalue weighted by Crippen LogP contribution is -2.42. The summed E-state index contributed by atoms with van der Waals surface area (Å²) >= 11 is 1.04. The Labute approximate surface area is 199 Å². The molecule has 1 aliphatic rings. The van der Waals surface area contributed by atoms with Gasteiger partial charge >= 0.3 is 12.1 Å². The summed E-state index contributed by atoms with van der Waals surface area (Å²) in [4.78, 5) is 39.4. The summed E-state index contributed by atoms with van der Waals surface area (Å²) in [6.45, 7) is 1.20. The number of hydrogen-bond acceptors (Lipinski definition) is 7. The highest BCUT2D eigenvalue weighted by Gasteiger charge is 2.29. The lowest BCUT2D eigenvalue weighted by molar-refractivity contribution is -0.141. The average Bonchev–Trinajstić information content (AvgIpc) is 3.38. The molecule has 0 spiro atoms. The Morgan fingerprint density at radius 3 is 2.32 bits per heavy atom. The van der Waals surface area contributed by atoms with Crippen LogP contribution in [0.1, 0.15) is 40.9 Å². The van der Waals surface area contributed by atoms with Crippen molar-refractivity contribution in [2.45, 2.75) is 24.9 Å². The number of aromatic nitrogens is 1. The van der Waals surface area contributed by atoms with Gasteiger partial charge in [0, 0.05) is 17.8 Å². The van der Waals surface area contributed by atoms with Gasteiger partial charge in [-0.3, -0.25) is 14.9 Å². The molecule has 176 valence electrons. The third kappa shape index (κ3) is 5.24. The molecule has 1 unspecified atom stereocenters. The number of hydrogen-bond donors (Lipinski definition) is 4. The predicted octanol–water partition coefficient (Wildman–Crippen LogP) is 3.46. The summed E-state index contributed by atoms with van der Waals surface area (Å²) in [5.74, 6) is -1.85. The molecular weight excluding hydrogens is 458 g/mol. The van der Waals surface area contributed by atoms with Crippen LogP contribution >= 0.6 is 11.3 Å². The number of rotatable bonds is 8. The number of thiazole rings is 1. The SMILES string of the molecule is CC(O)(CNC(=O)c1csc(NC(=O)OCC2c3ccccc3-c3ccccc32)n1)CC(=O)O. The fourth-order valence-electron chi connectivity index (χ4n) is 3.91. The second-order valence-corrected chi connectivity index (χ2v) is 9.10. The van der Waals surface area contributed by atoms with Gasteiger partial charge in [-0.1, -0.05) is 48.5 Å². The fourth-order valence-corrected chi connectivity index (χ4v) is 4.58. The molecule has 4 rings (SSSR count). The Morgan fingerprint density at radius 1 is 1.09 bits per heavy atom. The standard InChI is InChI=1S/C24H23N3O6S/c1-24(32,10-20(28)29)13-25-21(30)19-12-34-22(26-19)27-23(31)33-11-18-16-8-4-2-6-14(16)15-7-3-5-9-17(15)18/h2-9,12,18,32H,10-11,13H2,1H3,(H,25,30)(H,28,29)(H,26,27,31). The zero-order valence-corrected chi connectivity index (χ0v) is 19.1. The van der Waals surface area contributed by atoms with Gasteiger partial charge in [0.15, 0.2) is 5.13 Å². The van der Waals surface area contributed by atoms with Crippen LogP contribution in [0.5, 0.6) is 0 Å². The number of carbonyl (C=O) groups excluding carboxylic acids is 2. The lowest BCUT2D eigenvalue weighted by atomic mass is 9.98. The fraction of sp³-hybridized carbons (Fsp3) is 0.250. The Kier molecular flexibility index (Phi) is 6.62. The number of amides is 2. The van der Waals surface area contributed by atoms with Gasteiger partial charge in [0.25, 0.3) is 5.91 Å². The van der Waals surface area contributed by atoms with E-state index in [4.69, 9.17) is 9.84 Å². The van der Waals surface area contributed by atoms with Gasteiger partial charge in [-0.2, -0.15) is 0 Å². The monoisotopic (exact) mass is 481 g/mol. The number of carboxylic acid groups (broad SMARTS) is 1. The van der Waals surface area contributed by atoms with E-state index >= 15 is 0 Å². The lowest BCUT2D eigenvalue weighted by Gasteiger charge is -2.21. The molecule has 3 aromatic rings. The molecule has 1 heterocycles. The molecule has 0 saturated heterocycles. The van der Waals surface area contributed by atoms with Crippen molar-refractivity contribution in [2.75, 3.05) is 18.5 Å². The quantitative estimate of drug-likeness (QED) is 0.387. The minimum atomic E-state index is -1.60. The summed E-state index contributed by atoms with van der Waals surface area (Å²) in [6, 6.07) is 16.0. The van der Waals surface area contributed by atoms with Crippen molar-refractivity contribution in [3.63, 3.8) is 0 Å². The first-order chi connectivity index (χ1) is 16.2. The number of anilines is 1. The second-order valence-electron chi connectivity index (χ2n) is 8.24. The van der Waals surface area contributed by atoms with Crippen molar-refractivity contribution >= 4 is 34.4 Å². The molecule has 34 heavy (non-hydrogen) atoms.